The van der Waals surface area contributed by atoms with Gasteiger partial charge in [-0.1, -0.05) is 6.07 Å². The largest absolute Gasteiger partial charge is 0.490 e. The van der Waals surface area contributed by atoms with Gasteiger partial charge in [-0.3, -0.25) is 4.99 Å². The molecule has 1 unspecified atom stereocenters. The molecule has 1 saturated carbocycles. The molecule has 1 aliphatic carbocycles. The lowest BCUT2D eigenvalue weighted by Gasteiger charge is -2.19. The van der Waals surface area contributed by atoms with Crippen LogP contribution in [-0.4, -0.2) is 38.9 Å². The second-order valence-electron chi connectivity index (χ2n) is 6.62. The number of aliphatic imine (C=N–C) groups is 1. The van der Waals surface area contributed by atoms with Crippen molar-refractivity contribution in [3.8, 4) is 5.75 Å². The minimum Gasteiger partial charge on any atom is -0.490 e. The Bertz CT molecular complexity index is 576. The molecule has 26 heavy (non-hydrogen) atoms. The van der Waals surface area contributed by atoms with Crippen molar-refractivity contribution in [2.24, 2.45) is 10.9 Å². The van der Waals surface area contributed by atoms with Gasteiger partial charge in [0.25, 0.3) is 0 Å². The maximum Gasteiger partial charge on any atom is 0.191 e. The van der Waals surface area contributed by atoms with E-state index in [0.717, 1.165) is 31.1 Å². The fraction of sp³-hybridized carbons (Fsp3) is 0.650. The van der Waals surface area contributed by atoms with Gasteiger partial charge in [0.05, 0.1) is 12.6 Å². The molecule has 0 spiro atoms. The third kappa shape index (κ3) is 7.20. The average Bonchev–Trinajstić information content (AvgIpc) is 3.45. The van der Waals surface area contributed by atoms with E-state index in [0.29, 0.717) is 31.4 Å². The van der Waals surface area contributed by atoms with Crippen LogP contribution in [0.5, 0.6) is 5.75 Å². The first-order chi connectivity index (χ1) is 12.6. The summed E-state index contributed by atoms with van der Waals surface area (Å²) in [7, 11) is 0. The normalized spacial score (nSPS) is 15.6. The van der Waals surface area contributed by atoms with Crippen LogP contribution in [0.25, 0.3) is 0 Å². The molecule has 2 rings (SSSR count). The Balaban J connectivity index is 1.88. The molecule has 0 radical (unpaired) electrons. The summed E-state index contributed by atoms with van der Waals surface area (Å²) in [6, 6.07) is 5.10. The number of hydrogen-bond donors (Lipinski definition) is 2. The summed E-state index contributed by atoms with van der Waals surface area (Å²) >= 11 is 0. The molecule has 0 heterocycles. The van der Waals surface area contributed by atoms with Gasteiger partial charge in [-0.25, -0.2) is 4.39 Å². The lowest BCUT2D eigenvalue weighted by Crippen LogP contribution is -2.38. The first-order valence-corrected chi connectivity index (χ1v) is 9.68. The third-order valence-electron chi connectivity index (χ3n) is 4.25. The SMILES string of the molecule is CCNC(=NCCCOCC)NC(C)c1ccc(OCC2CC2)c(F)c1. The number of guanidine groups is 1. The molecule has 146 valence electrons. The molecule has 0 aliphatic heterocycles. The van der Waals surface area contributed by atoms with E-state index in [1.54, 1.807) is 12.1 Å². The zero-order valence-corrected chi connectivity index (χ0v) is 16.2. The Labute approximate surface area is 156 Å². The molecule has 1 atom stereocenters. The lowest BCUT2D eigenvalue weighted by atomic mass is 10.1. The van der Waals surface area contributed by atoms with Gasteiger partial charge in [-0.15, -0.1) is 0 Å². The van der Waals surface area contributed by atoms with Crippen LogP contribution in [0, 0.1) is 11.7 Å². The Morgan fingerprint density at radius 1 is 1.35 bits per heavy atom. The average molecular weight is 365 g/mol. The Morgan fingerprint density at radius 3 is 2.81 bits per heavy atom. The summed E-state index contributed by atoms with van der Waals surface area (Å²) in [6.07, 6.45) is 3.26. The van der Waals surface area contributed by atoms with Crippen LogP contribution >= 0.6 is 0 Å². The van der Waals surface area contributed by atoms with Crippen molar-refractivity contribution < 1.29 is 13.9 Å². The van der Waals surface area contributed by atoms with E-state index in [1.807, 2.05) is 26.8 Å². The van der Waals surface area contributed by atoms with Crippen LogP contribution in [0.2, 0.25) is 0 Å². The van der Waals surface area contributed by atoms with Crippen molar-refractivity contribution >= 4 is 5.96 Å². The molecular weight excluding hydrogens is 333 g/mol. The molecule has 0 saturated heterocycles. The molecule has 1 aliphatic rings. The van der Waals surface area contributed by atoms with Gasteiger partial charge in [0.15, 0.2) is 17.5 Å². The highest BCUT2D eigenvalue weighted by Gasteiger charge is 2.22. The lowest BCUT2D eigenvalue weighted by molar-refractivity contribution is 0.146. The van der Waals surface area contributed by atoms with E-state index in [9.17, 15) is 4.39 Å². The predicted octanol–water partition coefficient (Wildman–Crippen LogP) is 3.66. The molecule has 1 aromatic carbocycles. The molecule has 1 aromatic rings. The zero-order chi connectivity index (χ0) is 18.8. The van der Waals surface area contributed by atoms with E-state index in [-0.39, 0.29) is 11.9 Å². The fourth-order valence-corrected chi connectivity index (χ4v) is 2.51. The number of halogens is 1. The van der Waals surface area contributed by atoms with Crippen LogP contribution in [0.3, 0.4) is 0 Å². The standard InChI is InChI=1S/C20H32FN3O2/c1-4-22-20(23-11-6-12-25-5-2)24-15(3)17-9-10-19(18(21)13-17)26-14-16-7-8-16/h9-10,13,15-16H,4-8,11-12,14H2,1-3H3,(H2,22,23,24). The van der Waals surface area contributed by atoms with Crippen molar-refractivity contribution in [2.75, 3.05) is 32.9 Å². The van der Waals surface area contributed by atoms with Gasteiger partial charge in [-0.2, -0.15) is 0 Å². The number of nitrogens with one attached hydrogen (secondary N) is 2. The van der Waals surface area contributed by atoms with Crippen molar-refractivity contribution in [2.45, 2.75) is 46.1 Å². The minimum absolute atomic E-state index is 0.0633. The van der Waals surface area contributed by atoms with E-state index >= 15 is 0 Å². The molecule has 0 bridgehead atoms. The van der Waals surface area contributed by atoms with Crippen LogP contribution in [0.1, 0.15) is 51.6 Å². The van der Waals surface area contributed by atoms with E-state index in [1.165, 1.54) is 12.8 Å². The van der Waals surface area contributed by atoms with Crippen LogP contribution in [0.4, 0.5) is 4.39 Å². The van der Waals surface area contributed by atoms with Gasteiger partial charge in [0, 0.05) is 26.3 Å². The van der Waals surface area contributed by atoms with Gasteiger partial charge in [0.1, 0.15) is 0 Å². The van der Waals surface area contributed by atoms with E-state index in [4.69, 9.17) is 9.47 Å². The summed E-state index contributed by atoms with van der Waals surface area (Å²) in [5.74, 6) is 1.36. The zero-order valence-electron chi connectivity index (χ0n) is 16.2. The molecule has 5 nitrogen and oxygen atoms in total. The van der Waals surface area contributed by atoms with Crippen LogP contribution in [0.15, 0.2) is 23.2 Å². The Kier molecular flexibility index (Phi) is 8.68. The fourth-order valence-electron chi connectivity index (χ4n) is 2.51. The summed E-state index contributed by atoms with van der Waals surface area (Å²) in [5, 5.41) is 6.54. The quantitative estimate of drug-likeness (QED) is 0.357. The number of rotatable bonds is 11. The molecule has 2 N–H and O–H groups in total. The molecule has 1 fully saturated rings. The van der Waals surface area contributed by atoms with E-state index in [2.05, 4.69) is 15.6 Å². The highest BCUT2D eigenvalue weighted by atomic mass is 19.1. The topological polar surface area (TPSA) is 54.9 Å². The first-order valence-electron chi connectivity index (χ1n) is 9.68. The second kappa shape index (κ2) is 11.0. The summed E-state index contributed by atoms with van der Waals surface area (Å²) in [5.41, 5.74) is 0.862. The predicted molar refractivity (Wildman–Crippen MR) is 103 cm³/mol. The second-order valence-corrected chi connectivity index (χ2v) is 6.62. The van der Waals surface area contributed by atoms with Crippen LogP contribution in [-0.2, 0) is 4.74 Å². The maximum absolute atomic E-state index is 14.3. The number of hydrogen-bond acceptors (Lipinski definition) is 3. The highest BCUT2D eigenvalue weighted by Crippen LogP contribution is 2.30. The summed E-state index contributed by atoms with van der Waals surface area (Å²) in [4.78, 5) is 4.54. The monoisotopic (exact) mass is 365 g/mol. The number of nitrogens with zero attached hydrogens (tertiary/aromatic N) is 1. The molecule has 0 amide bonds. The van der Waals surface area contributed by atoms with Gasteiger partial charge < -0.3 is 20.1 Å². The van der Waals surface area contributed by atoms with Gasteiger partial charge in [-0.05, 0) is 63.6 Å². The Hall–Kier alpha value is -1.82. The third-order valence-corrected chi connectivity index (χ3v) is 4.25. The van der Waals surface area contributed by atoms with Crippen molar-refractivity contribution in [1.29, 1.82) is 0 Å². The van der Waals surface area contributed by atoms with Crippen molar-refractivity contribution in [3.63, 3.8) is 0 Å². The minimum atomic E-state index is -0.310. The maximum atomic E-state index is 14.3. The summed E-state index contributed by atoms with van der Waals surface area (Å²) < 4.78 is 25.2. The summed E-state index contributed by atoms with van der Waals surface area (Å²) in [6.45, 7) is 9.51. The molecular formula is C20H32FN3O2. The Morgan fingerprint density at radius 2 is 2.15 bits per heavy atom. The van der Waals surface area contributed by atoms with Crippen molar-refractivity contribution in [1.82, 2.24) is 10.6 Å². The highest BCUT2D eigenvalue weighted by molar-refractivity contribution is 5.80. The van der Waals surface area contributed by atoms with E-state index < -0.39 is 0 Å². The van der Waals surface area contributed by atoms with Crippen LogP contribution < -0.4 is 15.4 Å². The molecule has 6 heteroatoms. The first kappa shape index (κ1) is 20.5. The van der Waals surface area contributed by atoms with Crippen molar-refractivity contribution in [3.05, 3.63) is 29.6 Å². The van der Waals surface area contributed by atoms with Gasteiger partial charge >= 0.3 is 0 Å². The number of ether oxygens (including phenoxy) is 2. The number of benzene rings is 1. The van der Waals surface area contributed by atoms with Gasteiger partial charge in [0.2, 0.25) is 0 Å². The smallest absolute Gasteiger partial charge is 0.191 e. The molecule has 0 aromatic heterocycles.